The number of nitrogens with one attached hydrogen (secondary N) is 2. The summed E-state index contributed by atoms with van der Waals surface area (Å²) in [5.41, 5.74) is 2.40. The topological polar surface area (TPSA) is 61.4 Å². The lowest BCUT2D eigenvalue weighted by Crippen LogP contribution is -2.43. The van der Waals surface area contributed by atoms with Crippen LogP contribution in [0.15, 0.2) is 48.5 Å². The fraction of sp³-hybridized carbons (Fsp3) is 0.481. The molecule has 1 aliphatic rings. The number of carbonyl (C=O) groups is 2. The molecule has 33 heavy (non-hydrogen) atoms. The number of Topliss-reactive ketones (excluding diaryl/α,β-unsaturated/α-hetero) is 1. The summed E-state index contributed by atoms with van der Waals surface area (Å²) in [5, 5.41) is 5.74. The molecule has 5 nitrogen and oxygen atoms in total. The van der Waals surface area contributed by atoms with Gasteiger partial charge in [-0.3, -0.25) is 4.79 Å². The van der Waals surface area contributed by atoms with Crippen LogP contribution in [0.4, 0.5) is 14.9 Å². The summed E-state index contributed by atoms with van der Waals surface area (Å²) >= 11 is 0. The van der Waals surface area contributed by atoms with Crippen molar-refractivity contribution in [1.29, 1.82) is 0 Å². The third-order valence-corrected chi connectivity index (χ3v) is 6.42. The number of urea groups is 1. The summed E-state index contributed by atoms with van der Waals surface area (Å²) in [6.07, 6.45) is 6.40. The van der Waals surface area contributed by atoms with Gasteiger partial charge in [-0.1, -0.05) is 31.2 Å². The molecule has 0 spiro atoms. The van der Waals surface area contributed by atoms with Crippen molar-refractivity contribution in [2.24, 2.45) is 5.92 Å². The molecule has 0 radical (unpaired) electrons. The summed E-state index contributed by atoms with van der Waals surface area (Å²) in [7, 11) is 0. The third kappa shape index (κ3) is 7.97. The molecule has 0 bridgehead atoms. The predicted molar refractivity (Wildman–Crippen MR) is 131 cm³/mol. The molecule has 1 aliphatic heterocycles. The number of halogens is 1. The van der Waals surface area contributed by atoms with Crippen molar-refractivity contribution in [3.8, 4) is 0 Å². The van der Waals surface area contributed by atoms with Crippen molar-refractivity contribution in [3.05, 3.63) is 65.5 Å². The second kappa shape index (κ2) is 12.5. The van der Waals surface area contributed by atoms with E-state index in [1.165, 1.54) is 18.9 Å². The molecule has 0 saturated carbocycles. The van der Waals surface area contributed by atoms with Gasteiger partial charge in [0.15, 0.2) is 5.78 Å². The fourth-order valence-corrected chi connectivity index (χ4v) is 4.73. The first-order chi connectivity index (χ1) is 15.9. The Labute approximate surface area is 196 Å². The number of hydrogen-bond donors (Lipinski definition) is 2. The predicted octanol–water partition coefficient (Wildman–Crippen LogP) is 5.66. The van der Waals surface area contributed by atoms with E-state index in [0.717, 1.165) is 45.2 Å². The number of anilines is 1. The second-order valence-electron chi connectivity index (χ2n) is 9.07. The zero-order valence-corrected chi connectivity index (χ0v) is 19.8. The number of carbonyl (C=O) groups excluding carboxylic acids is 2. The number of piperidine rings is 1. The van der Waals surface area contributed by atoms with Crippen molar-refractivity contribution in [3.63, 3.8) is 0 Å². The largest absolute Gasteiger partial charge is 0.338 e. The molecule has 3 rings (SSSR count). The summed E-state index contributed by atoms with van der Waals surface area (Å²) in [4.78, 5) is 26.3. The van der Waals surface area contributed by atoms with Crippen LogP contribution in [0.3, 0.4) is 0 Å². The lowest BCUT2D eigenvalue weighted by atomic mass is 9.84. The quantitative estimate of drug-likeness (QED) is 0.360. The molecular weight excluding hydrogens is 417 g/mol. The zero-order valence-electron chi connectivity index (χ0n) is 19.8. The van der Waals surface area contributed by atoms with E-state index in [1.807, 2.05) is 12.1 Å². The first-order valence-electron chi connectivity index (χ1n) is 12.1. The lowest BCUT2D eigenvalue weighted by molar-refractivity contribution is 0.101. The Morgan fingerprint density at radius 2 is 1.94 bits per heavy atom. The van der Waals surface area contributed by atoms with Crippen LogP contribution >= 0.6 is 0 Å². The van der Waals surface area contributed by atoms with Gasteiger partial charge in [0, 0.05) is 23.8 Å². The van der Waals surface area contributed by atoms with Crippen molar-refractivity contribution >= 4 is 17.5 Å². The smallest absolute Gasteiger partial charge is 0.319 e. The normalized spacial score (nSPS) is 18.6. The molecule has 2 atom stereocenters. The van der Waals surface area contributed by atoms with E-state index in [4.69, 9.17) is 0 Å². The van der Waals surface area contributed by atoms with Gasteiger partial charge in [-0.25, -0.2) is 9.18 Å². The van der Waals surface area contributed by atoms with Crippen LogP contribution in [-0.2, 0) is 6.42 Å². The zero-order chi connectivity index (χ0) is 23.6. The van der Waals surface area contributed by atoms with Crippen LogP contribution in [0.25, 0.3) is 0 Å². The molecule has 2 amide bonds. The van der Waals surface area contributed by atoms with Crippen LogP contribution in [0.5, 0.6) is 0 Å². The summed E-state index contributed by atoms with van der Waals surface area (Å²) < 4.78 is 13.2. The SMILES string of the molecule is CCCN1CCC(Cc2ccc(F)cc2)CC1CCCNC(=O)Nc1cccc(C(C)=O)c1. The first-order valence-corrected chi connectivity index (χ1v) is 12.1. The standard InChI is InChI=1S/C27H36FN3O2/c1-3-15-31-16-13-22(17-21-9-11-24(28)12-10-21)18-26(31)8-5-14-29-27(33)30-25-7-4-6-23(19-25)20(2)32/h4,6-7,9-12,19,22,26H,3,5,8,13-18H2,1-2H3,(H2,29,30,33). The minimum Gasteiger partial charge on any atom is -0.338 e. The number of likely N-dealkylation sites (tertiary alicyclic amines) is 1. The van der Waals surface area contributed by atoms with E-state index in [2.05, 4.69) is 22.5 Å². The molecular formula is C27H36FN3O2. The Morgan fingerprint density at radius 3 is 2.67 bits per heavy atom. The summed E-state index contributed by atoms with van der Waals surface area (Å²) in [6, 6.07) is 14.1. The highest BCUT2D eigenvalue weighted by atomic mass is 19.1. The Balaban J connectivity index is 1.45. The summed E-state index contributed by atoms with van der Waals surface area (Å²) in [6.45, 7) is 6.54. The third-order valence-electron chi connectivity index (χ3n) is 6.42. The van der Waals surface area contributed by atoms with Crippen LogP contribution in [0, 0.1) is 11.7 Å². The van der Waals surface area contributed by atoms with Gasteiger partial charge in [-0.2, -0.15) is 0 Å². The molecule has 0 aliphatic carbocycles. The number of benzene rings is 2. The Hall–Kier alpha value is -2.73. The lowest BCUT2D eigenvalue weighted by Gasteiger charge is -2.40. The van der Waals surface area contributed by atoms with E-state index in [1.54, 1.807) is 36.4 Å². The van der Waals surface area contributed by atoms with Gasteiger partial charge in [-0.15, -0.1) is 0 Å². The maximum Gasteiger partial charge on any atom is 0.319 e. The molecule has 2 aromatic carbocycles. The van der Waals surface area contributed by atoms with Crippen LogP contribution in [0.1, 0.15) is 61.9 Å². The molecule has 1 saturated heterocycles. The number of nitrogens with zero attached hydrogens (tertiary/aromatic N) is 1. The van der Waals surface area contributed by atoms with Gasteiger partial charge in [-0.05, 0) is 94.3 Å². The van der Waals surface area contributed by atoms with Gasteiger partial charge in [0.2, 0.25) is 0 Å². The number of hydrogen-bond acceptors (Lipinski definition) is 3. The van der Waals surface area contributed by atoms with E-state index in [9.17, 15) is 14.0 Å². The minimum absolute atomic E-state index is 0.0269. The van der Waals surface area contributed by atoms with Crippen molar-refractivity contribution < 1.29 is 14.0 Å². The first kappa shape index (κ1) is 24.9. The molecule has 178 valence electrons. The highest BCUT2D eigenvalue weighted by molar-refractivity contribution is 5.96. The average molecular weight is 454 g/mol. The molecule has 2 unspecified atom stereocenters. The van der Waals surface area contributed by atoms with E-state index in [0.29, 0.717) is 29.8 Å². The molecule has 2 aromatic rings. The number of ketones is 1. The Morgan fingerprint density at radius 1 is 1.15 bits per heavy atom. The van der Waals surface area contributed by atoms with Gasteiger partial charge in [0.05, 0.1) is 0 Å². The molecule has 1 heterocycles. The van der Waals surface area contributed by atoms with Crippen molar-refractivity contribution in [2.75, 3.05) is 25.0 Å². The highest BCUT2D eigenvalue weighted by Gasteiger charge is 2.27. The van der Waals surface area contributed by atoms with E-state index >= 15 is 0 Å². The van der Waals surface area contributed by atoms with Crippen LogP contribution in [0.2, 0.25) is 0 Å². The van der Waals surface area contributed by atoms with Crippen molar-refractivity contribution in [1.82, 2.24) is 10.2 Å². The van der Waals surface area contributed by atoms with Gasteiger partial charge in [0.25, 0.3) is 0 Å². The van der Waals surface area contributed by atoms with Gasteiger partial charge >= 0.3 is 6.03 Å². The highest BCUT2D eigenvalue weighted by Crippen LogP contribution is 2.28. The maximum atomic E-state index is 13.2. The van der Waals surface area contributed by atoms with Crippen LogP contribution in [-0.4, -0.2) is 42.4 Å². The maximum absolute atomic E-state index is 13.2. The average Bonchev–Trinajstić information content (AvgIpc) is 2.80. The second-order valence-corrected chi connectivity index (χ2v) is 9.07. The molecule has 2 N–H and O–H groups in total. The van der Waals surface area contributed by atoms with Crippen LogP contribution < -0.4 is 10.6 Å². The minimum atomic E-state index is -0.251. The van der Waals surface area contributed by atoms with Gasteiger partial charge < -0.3 is 15.5 Å². The molecule has 0 aromatic heterocycles. The monoisotopic (exact) mass is 453 g/mol. The Kier molecular flexibility index (Phi) is 9.43. The fourth-order valence-electron chi connectivity index (χ4n) is 4.73. The van der Waals surface area contributed by atoms with Crippen molar-refractivity contribution in [2.45, 2.75) is 58.4 Å². The van der Waals surface area contributed by atoms with Gasteiger partial charge in [0.1, 0.15) is 5.82 Å². The van der Waals surface area contributed by atoms with E-state index in [-0.39, 0.29) is 17.6 Å². The molecule has 6 heteroatoms. The Bertz CT molecular complexity index is 916. The number of amides is 2. The number of rotatable bonds is 10. The molecule has 1 fully saturated rings. The van der Waals surface area contributed by atoms with E-state index < -0.39 is 0 Å². The summed E-state index contributed by atoms with van der Waals surface area (Å²) in [5.74, 6) is 0.400.